The van der Waals surface area contributed by atoms with E-state index < -0.39 is 0 Å². The molecular formula is C56H65N3. The molecule has 0 N–H and O–H groups in total. The first-order valence-corrected chi connectivity index (χ1v) is 21.8. The summed E-state index contributed by atoms with van der Waals surface area (Å²) < 4.78 is 0. The molecule has 8 rings (SSSR count). The maximum Gasteiger partial charge on any atom is 0.164 e. The van der Waals surface area contributed by atoms with Gasteiger partial charge >= 0.3 is 0 Å². The van der Waals surface area contributed by atoms with Crippen LogP contribution >= 0.6 is 0 Å². The molecule has 0 saturated heterocycles. The maximum absolute atomic E-state index is 5.26. The van der Waals surface area contributed by atoms with Gasteiger partial charge in [0.15, 0.2) is 17.5 Å². The zero-order valence-corrected chi connectivity index (χ0v) is 37.6. The second-order valence-corrected chi connectivity index (χ2v) is 13.8. The van der Waals surface area contributed by atoms with Crippen molar-refractivity contribution < 1.29 is 0 Å². The van der Waals surface area contributed by atoms with Crippen LogP contribution in [0.25, 0.3) is 50.6 Å². The number of benzene rings is 5. The Hall–Kier alpha value is -5.93. The average molecular weight is 780 g/mol. The van der Waals surface area contributed by atoms with E-state index in [1.54, 1.807) is 0 Å². The Morgan fingerprint density at radius 3 is 1.93 bits per heavy atom. The predicted molar refractivity (Wildman–Crippen MR) is 258 cm³/mol. The Labute approximate surface area is 356 Å². The molecule has 0 spiro atoms. The Morgan fingerprint density at radius 2 is 1.27 bits per heavy atom. The summed E-state index contributed by atoms with van der Waals surface area (Å²) in [4.78, 5) is 15.5. The van der Waals surface area contributed by atoms with Gasteiger partial charge in [-0.15, -0.1) is 0 Å². The maximum atomic E-state index is 5.26. The third kappa shape index (κ3) is 9.86. The van der Waals surface area contributed by atoms with Crippen molar-refractivity contribution in [3.63, 3.8) is 0 Å². The molecule has 3 nitrogen and oxygen atoms in total. The van der Waals surface area contributed by atoms with Gasteiger partial charge in [0.1, 0.15) is 0 Å². The molecule has 0 bridgehead atoms. The third-order valence-corrected chi connectivity index (χ3v) is 10.6. The van der Waals surface area contributed by atoms with E-state index in [-0.39, 0.29) is 5.92 Å². The fourth-order valence-corrected chi connectivity index (χ4v) is 8.01. The summed E-state index contributed by atoms with van der Waals surface area (Å²) in [7, 11) is 0. The number of fused-ring (bicyclic) bond motifs is 7. The second kappa shape index (κ2) is 22.3. The highest BCUT2D eigenvalue weighted by Gasteiger charge is 2.31. The molecule has 3 heteroatoms. The summed E-state index contributed by atoms with van der Waals surface area (Å²) in [6, 6.07) is 36.7. The minimum Gasteiger partial charge on any atom is -0.209 e. The zero-order chi connectivity index (χ0) is 43.1. The second-order valence-electron chi connectivity index (χ2n) is 13.8. The highest BCUT2D eigenvalue weighted by atomic mass is 15.0. The van der Waals surface area contributed by atoms with Crippen molar-refractivity contribution >= 4 is 5.57 Å². The molecule has 1 aromatic heterocycles. The summed E-state index contributed by atoms with van der Waals surface area (Å²) in [5.74, 6) is 2.25. The lowest BCUT2D eigenvalue weighted by atomic mass is 9.86. The van der Waals surface area contributed by atoms with E-state index in [0.29, 0.717) is 23.9 Å². The fourth-order valence-electron chi connectivity index (χ4n) is 8.01. The van der Waals surface area contributed by atoms with Crippen molar-refractivity contribution in [2.45, 2.75) is 101 Å². The van der Waals surface area contributed by atoms with Gasteiger partial charge in [0, 0.05) is 11.1 Å². The molecule has 0 saturated carbocycles. The molecule has 304 valence electrons. The van der Waals surface area contributed by atoms with Crippen LogP contribution in [0.1, 0.15) is 120 Å². The van der Waals surface area contributed by atoms with E-state index in [4.69, 9.17) is 15.0 Å². The molecule has 0 fully saturated rings. The van der Waals surface area contributed by atoms with Crippen LogP contribution < -0.4 is 0 Å². The Bertz CT molecular complexity index is 2400. The SMILES string of the molecule is C=C/C=C(\C=C)Cc1c(-c2nc(/C(C)=C/C(C)c3ccccc3)nc(-c3ccccc3)n2)cc2c(c1C)-c1c(ccc3c1Cc1ccccc1-3)C2.CC.CC.CC.CC. The summed E-state index contributed by atoms with van der Waals surface area (Å²) in [6.45, 7) is 30.8. The van der Waals surface area contributed by atoms with Crippen molar-refractivity contribution in [3.05, 3.63) is 191 Å². The van der Waals surface area contributed by atoms with E-state index >= 15 is 0 Å². The van der Waals surface area contributed by atoms with Gasteiger partial charge in [-0.05, 0) is 117 Å². The van der Waals surface area contributed by atoms with Gasteiger partial charge in [0.05, 0.1) is 0 Å². The topological polar surface area (TPSA) is 38.7 Å². The Balaban J connectivity index is 0.000000908. The lowest BCUT2D eigenvalue weighted by Crippen LogP contribution is -2.06. The number of hydrogen-bond acceptors (Lipinski definition) is 3. The molecule has 1 heterocycles. The van der Waals surface area contributed by atoms with Gasteiger partial charge in [-0.2, -0.15) is 0 Å². The van der Waals surface area contributed by atoms with E-state index in [9.17, 15) is 0 Å². The molecule has 5 aromatic carbocycles. The van der Waals surface area contributed by atoms with Crippen LogP contribution in [0, 0.1) is 6.92 Å². The van der Waals surface area contributed by atoms with E-state index in [2.05, 4.69) is 131 Å². The lowest BCUT2D eigenvalue weighted by molar-refractivity contribution is 0.958. The molecule has 0 radical (unpaired) electrons. The molecule has 0 aliphatic heterocycles. The summed E-state index contributed by atoms with van der Waals surface area (Å²) in [5.41, 5.74) is 18.9. The van der Waals surface area contributed by atoms with E-state index in [1.165, 1.54) is 61.2 Å². The van der Waals surface area contributed by atoms with Crippen LogP contribution in [0.15, 0.2) is 146 Å². The van der Waals surface area contributed by atoms with Crippen LogP contribution in [0.4, 0.5) is 0 Å². The third-order valence-electron chi connectivity index (χ3n) is 10.6. The van der Waals surface area contributed by atoms with Gasteiger partial charge in [0.2, 0.25) is 0 Å². The highest BCUT2D eigenvalue weighted by molar-refractivity contribution is 5.93. The number of rotatable bonds is 9. The zero-order valence-electron chi connectivity index (χ0n) is 37.6. The predicted octanol–water partition coefficient (Wildman–Crippen LogP) is 15.8. The van der Waals surface area contributed by atoms with Crippen LogP contribution in [0.2, 0.25) is 0 Å². The van der Waals surface area contributed by atoms with Crippen LogP contribution in [0.5, 0.6) is 0 Å². The minimum absolute atomic E-state index is 0.204. The van der Waals surface area contributed by atoms with Gasteiger partial charge < -0.3 is 0 Å². The molecule has 2 aliphatic carbocycles. The fraction of sp³-hybridized carbons (Fsp3) is 0.268. The van der Waals surface area contributed by atoms with Crippen molar-refractivity contribution in [2.24, 2.45) is 0 Å². The minimum atomic E-state index is 0.204. The largest absolute Gasteiger partial charge is 0.209 e. The van der Waals surface area contributed by atoms with Gasteiger partial charge in [-0.25, -0.2) is 15.0 Å². The van der Waals surface area contributed by atoms with Crippen LogP contribution in [-0.4, -0.2) is 15.0 Å². The standard InChI is InChI=1S/C48H41N3.4C2H6/c1-6-16-33(7-2)26-41-32(5)44-38(27-37-23-24-40-39-22-15-14-21-36(39)28-42(40)45(37)44)29-43(41)48-50-46(49-47(51-48)35-19-12-9-13-20-35)31(4)25-30(3)34-17-10-8-11-18-34;4*1-2/h6-25,29-30H,1-2,26-28H2,3-5H3;4*1-2H3/b31-25+,33-16+;;;;. The first kappa shape index (κ1) is 45.8. The Kier molecular flexibility index (Phi) is 17.3. The number of nitrogens with zero attached hydrogens (tertiary/aromatic N) is 3. The summed E-state index contributed by atoms with van der Waals surface area (Å²) >= 11 is 0. The molecule has 6 aromatic rings. The van der Waals surface area contributed by atoms with E-state index in [1.807, 2.05) is 85.7 Å². The number of hydrogen-bond donors (Lipinski definition) is 0. The van der Waals surface area contributed by atoms with Gasteiger partial charge in [-0.3, -0.25) is 0 Å². The van der Waals surface area contributed by atoms with Crippen molar-refractivity contribution in [3.8, 4) is 45.0 Å². The first-order chi connectivity index (χ1) is 28.9. The molecule has 0 amide bonds. The molecular weight excluding hydrogens is 715 g/mol. The quantitative estimate of drug-likeness (QED) is 0.137. The normalized spacial score (nSPS) is 12.2. The molecule has 59 heavy (non-hydrogen) atoms. The Morgan fingerprint density at radius 1 is 0.644 bits per heavy atom. The van der Waals surface area contributed by atoms with Gasteiger partial charge in [0.25, 0.3) is 0 Å². The van der Waals surface area contributed by atoms with Crippen LogP contribution in [-0.2, 0) is 19.3 Å². The molecule has 1 unspecified atom stereocenters. The number of aromatic nitrogens is 3. The van der Waals surface area contributed by atoms with Crippen molar-refractivity contribution in [1.29, 1.82) is 0 Å². The van der Waals surface area contributed by atoms with E-state index in [0.717, 1.165) is 35.1 Å². The smallest absolute Gasteiger partial charge is 0.164 e. The summed E-state index contributed by atoms with van der Waals surface area (Å²) in [5, 5.41) is 0. The lowest BCUT2D eigenvalue weighted by Gasteiger charge is -2.19. The average Bonchev–Trinajstić information content (AvgIpc) is 3.89. The molecule has 1 atom stereocenters. The van der Waals surface area contributed by atoms with Crippen molar-refractivity contribution in [1.82, 2.24) is 15.0 Å². The first-order valence-electron chi connectivity index (χ1n) is 21.8. The van der Waals surface area contributed by atoms with Crippen LogP contribution in [0.3, 0.4) is 0 Å². The van der Waals surface area contributed by atoms with Crippen molar-refractivity contribution in [2.75, 3.05) is 0 Å². The monoisotopic (exact) mass is 780 g/mol. The summed E-state index contributed by atoms with van der Waals surface area (Å²) in [6.07, 6.45) is 10.6. The molecule has 2 aliphatic rings. The number of allylic oxidation sites excluding steroid dienone is 6. The highest BCUT2D eigenvalue weighted by Crippen LogP contribution is 2.50. The van der Waals surface area contributed by atoms with Gasteiger partial charge in [-0.1, -0.05) is 197 Å².